The molecule has 0 aliphatic rings. The first-order chi connectivity index (χ1) is 10.2. The van der Waals surface area contributed by atoms with E-state index in [9.17, 15) is 9.90 Å². The first-order valence-electron chi connectivity index (χ1n) is 6.48. The summed E-state index contributed by atoms with van der Waals surface area (Å²) >= 11 is 0. The first-order valence-corrected chi connectivity index (χ1v) is 6.48. The highest BCUT2D eigenvalue weighted by atomic mass is 16.5. The summed E-state index contributed by atoms with van der Waals surface area (Å²) in [6, 6.07) is 10.7. The molecule has 2 rings (SSSR count). The Labute approximate surface area is 122 Å². The molecule has 2 aromatic rings. The number of likely N-dealkylation sites (N-methyl/N-ethyl adjacent to an activating group) is 1. The Morgan fingerprint density at radius 3 is 2.90 bits per heavy atom. The topological polar surface area (TPSA) is 83.5 Å². The van der Waals surface area contributed by atoms with E-state index in [2.05, 4.69) is 15.6 Å². The fraction of sp³-hybridized carbons (Fsp3) is 0.200. The average Bonchev–Trinajstić information content (AvgIpc) is 2.52. The zero-order valence-corrected chi connectivity index (χ0v) is 11.7. The molecule has 0 atom stereocenters. The molecule has 0 aliphatic heterocycles. The van der Waals surface area contributed by atoms with Gasteiger partial charge in [-0.15, -0.1) is 0 Å². The second-order valence-corrected chi connectivity index (χ2v) is 4.35. The summed E-state index contributed by atoms with van der Waals surface area (Å²) in [5, 5.41) is 14.9. The van der Waals surface area contributed by atoms with Crippen LogP contribution >= 0.6 is 0 Å². The molecule has 1 amide bonds. The zero-order valence-electron chi connectivity index (χ0n) is 11.7. The van der Waals surface area contributed by atoms with Gasteiger partial charge >= 0.3 is 0 Å². The number of amides is 1. The van der Waals surface area contributed by atoms with Gasteiger partial charge in [0.1, 0.15) is 11.5 Å². The van der Waals surface area contributed by atoms with Crippen molar-refractivity contribution in [3.63, 3.8) is 0 Å². The minimum Gasteiger partial charge on any atom is -0.506 e. The maximum atomic E-state index is 11.1. The summed E-state index contributed by atoms with van der Waals surface area (Å²) in [7, 11) is 1.56. The van der Waals surface area contributed by atoms with Gasteiger partial charge in [-0.2, -0.15) is 0 Å². The van der Waals surface area contributed by atoms with Crippen LogP contribution in [0.4, 0.5) is 5.69 Å². The van der Waals surface area contributed by atoms with Gasteiger partial charge in [-0.05, 0) is 24.3 Å². The molecule has 0 bridgehead atoms. The number of hydrogen-bond donors (Lipinski definition) is 3. The standard InChI is InChI=1S/C15H17N3O3/c1-16-15(20)10-21-14-4-2-3-11(7-14)17-8-12-5-6-13(19)9-18-12/h2-7,9,17,19H,8,10H2,1H3,(H,16,20). The van der Waals surface area contributed by atoms with Crippen molar-refractivity contribution in [2.75, 3.05) is 19.0 Å². The van der Waals surface area contributed by atoms with Crippen LogP contribution in [0.5, 0.6) is 11.5 Å². The molecule has 0 radical (unpaired) electrons. The van der Waals surface area contributed by atoms with Gasteiger partial charge in [-0.25, -0.2) is 0 Å². The van der Waals surface area contributed by atoms with Crippen LogP contribution < -0.4 is 15.4 Å². The summed E-state index contributed by atoms with van der Waals surface area (Å²) in [6.07, 6.45) is 1.40. The number of anilines is 1. The monoisotopic (exact) mass is 287 g/mol. The van der Waals surface area contributed by atoms with E-state index in [4.69, 9.17) is 4.74 Å². The van der Waals surface area contributed by atoms with Crippen LogP contribution in [0.2, 0.25) is 0 Å². The lowest BCUT2D eigenvalue weighted by Gasteiger charge is -2.09. The molecule has 0 unspecified atom stereocenters. The number of nitrogens with one attached hydrogen (secondary N) is 2. The molecule has 0 aliphatic carbocycles. The van der Waals surface area contributed by atoms with Crippen LogP contribution in [0.3, 0.4) is 0 Å². The van der Waals surface area contributed by atoms with E-state index in [1.54, 1.807) is 25.2 Å². The number of aromatic nitrogens is 1. The Hall–Kier alpha value is -2.76. The van der Waals surface area contributed by atoms with Gasteiger partial charge in [0.2, 0.25) is 0 Å². The molecule has 6 heteroatoms. The fourth-order valence-electron chi connectivity index (χ4n) is 1.63. The van der Waals surface area contributed by atoms with Gasteiger partial charge in [-0.1, -0.05) is 6.07 Å². The number of rotatable bonds is 6. The van der Waals surface area contributed by atoms with Crippen LogP contribution in [-0.4, -0.2) is 29.7 Å². The Bertz CT molecular complexity index is 599. The molecule has 1 aromatic carbocycles. The van der Waals surface area contributed by atoms with E-state index in [1.807, 2.05) is 18.2 Å². The van der Waals surface area contributed by atoms with Crippen molar-refractivity contribution in [1.29, 1.82) is 0 Å². The van der Waals surface area contributed by atoms with Gasteiger partial charge in [0, 0.05) is 18.8 Å². The maximum absolute atomic E-state index is 11.1. The summed E-state index contributed by atoms with van der Waals surface area (Å²) in [5.41, 5.74) is 1.67. The number of nitrogens with zero attached hydrogens (tertiary/aromatic N) is 1. The van der Waals surface area contributed by atoms with Crippen molar-refractivity contribution < 1.29 is 14.6 Å². The SMILES string of the molecule is CNC(=O)COc1cccc(NCc2ccc(O)cn2)c1. The number of carbonyl (C=O) groups excluding carboxylic acids is 1. The molecule has 1 heterocycles. The van der Waals surface area contributed by atoms with Gasteiger partial charge < -0.3 is 20.5 Å². The van der Waals surface area contributed by atoms with E-state index < -0.39 is 0 Å². The second-order valence-electron chi connectivity index (χ2n) is 4.35. The molecule has 0 saturated heterocycles. The van der Waals surface area contributed by atoms with Gasteiger partial charge in [-0.3, -0.25) is 9.78 Å². The number of benzene rings is 1. The largest absolute Gasteiger partial charge is 0.506 e. The van der Waals surface area contributed by atoms with Gasteiger partial charge in [0.15, 0.2) is 6.61 Å². The van der Waals surface area contributed by atoms with E-state index in [0.717, 1.165) is 11.4 Å². The van der Waals surface area contributed by atoms with Crippen LogP contribution in [0, 0.1) is 0 Å². The average molecular weight is 287 g/mol. The number of pyridine rings is 1. The highest BCUT2D eigenvalue weighted by Crippen LogP contribution is 2.18. The fourth-order valence-corrected chi connectivity index (χ4v) is 1.63. The first kappa shape index (κ1) is 14.6. The third kappa shape index (κ3) is 4.68. The third-order valence-electron chi connectivity index (χ3n) is 2.77. The Morgan fingerprint density at radius 2 is 2.19 bits per heavy atom. The van der Waals surface area contributed by atoms with Crippen LogP contribution in [-0.2, 0) is 11.3 Å². The minimum absolute atomic E-state index is 0.0144. The number of carbonyl (C=O) groups is 1. The highest BCUT2D eigenvalue weighted by molar-refractivity contribution is 5.77. The number of hydrogen-bond acceptors (Lipinski definition) is 5. The molecular formula is C15H17N3O3. The Morgan fingerprint density at radius 1 is 1.33 bits per heavy atom. The predicted molar refractivity (Wildman–Crippen MR) is 79.2 cm³/mol. The predicted octanol–water partition coefficient (Wildman–Crippen LogP) is 1.52. The summed E-state index contributed by atoms with van der Waals surface area (Å²) in [6.45, 7) is 0.513. The third-order valence-corrected chi connectivity index (χ3v) is 2.77. The molecule has 21 heavy (non-hydrogen) atoms. The molecular weight excluding hydrogens is 270 g/mol. The van der Waals surface area contributed by atoms with Crippen molar-refractivity contribution >= 4 is 11.6 Å². The zero-order chi connectivity index (χ0) is 15.1. The summed E-state index contributed by atoms with van der Waals surface area (Å²) in [4.78, 5) is 15.2. The van der Waals surface area contributed by atoms with Crippen molar-refractivity contribution in [2.24, 2.45) is 0 Å². The minimum atomic E-state index is -0.179. The molecule has 0 saturated carbocycles. The molecule has 0 spiro atoms. The van der Waals surface area contributed by atoms with Crippen LogP contribution in [0.25, 0.3) is 0 Å². The summed E-state index contributed by atoms with van der Waals surface area (Å²) < 4.78 is 5.37. The smallest absolute Gasteiger partial charge is 0.257 e. The molecule has 3 N–H and O–H groups in total. The molecule has 0 fully saturated rings. The number of ether oxygens (including phenoxy) is 1. The van der Waals surface area contributed by atoms with E-state index in [1.165, 1.54) is 6.20 Å². The normalized spacial score (nSPS) is 9.95. The highest BCUT2D eigenvalue weighted by Gasteiger charge is 2.01. The van der Waals surface area contributed by atoms with E-state index in [0.29, 0.717) is 12.3 Å². The second kappa shape index (κ2) is 7.14. The van der Waals surface area contributed by atoms with Crippen molar-refractivity contribution in [2.45, 2.75) is 6.54 Å². The van der Waals surface area contributed by atoms with Crippen LogP contribution in [0.1, 0.15) is 5.69 Å². The quantitative estimate of drug-likeness (QED) is 0.750. The van der Waals surface area contributed by atoms with Crippen molar-refractivity contribution in [3.05, 3.63) is 48.3 Å². The van der Waals surface area contributed by atoms with Crippen LogP contribution in [0.15, 0.2) is 42.6 Å². The lowest BCUT2D eigenvalue weighted by Crippen LogP contribution is -2.24. The van der Waals surface area contributed by atoms with Gasteiger partial charge in [0.25, 0.3) is 5.91 Å². The number of aromatic hydroxyl groups is 1. The van der Waals surface area contributed by atoms with E-state index in [-0.39, 0.29) is 18.3 Å². The lowest BCUT2D eigenvalue weighted by molar-refractivity contribution is -0.122. The maximum Gasteiger partial charge on any atom is 0.257 e. The summed E-state index contributed by atoms with van der Waals surface area (Å²) in [5.74, 6) is 0.576. The Balaban J connectivity index is 1.91. The molecule has 110 valence electrons. The van der Waals surface area contributed by atoms with Crippen molar-refractivity contribution in [3.8, 4) is 11.5 Å². The Kier molecular flexibility index (Phi) is 4.98. The van der Waals surface area contributed by atoms with Crippen molar-refractivity contribution in [1.82, 2.24) is 10.3 Å². The lowest BCUT2D eigenvalue weighted by atomic mass is 10.3. The van der Waals surface area contributed by atoms with E-state index >= 15 is 0 Å². The molecule has 6 nitrogen and oxygen atoms in total. The van der Waals surface area contributed by atoms with Gasteiger partial charge in [0.05, 0.1) is 18.4 Å². The molecule has 1 aromatic heterocycles.